The second kappa shape index (κ2) is 8.08. The molecule has 3 N–H and O–H groups in total. The van der Waals surface area contributed by atoms with Crippen LogP contribution in [0.2, 0.25) is 0 Å². The summed E-state index contributed by atoms with van der Waals surface area (Å²) in [4.78, 5) is 12.0. The first-order chi connectivity index (χ1) is 15.5. The molecule has 3 heterocycles. The number of aromatic nitrogens is 3. The zero-order valence-electron chi connectivity index (χ0n) is 17.4. The number of nitrogens with two attached hydrogens (primary N) is 1. The van der Waals surface area contributed by atoms with Crippen molar-refractivity contribution in [3.8, 4) is 17.0 Å². The van der Waals surface area contributed by atoms with Gasteiger partial charge in [0.15, 0.2) is 5.82 Å². The Balaban J connectivity index is 1.37. The molecule has 0 spiro atoms. The number of anilines is 1. The summed E-state index contributed by atoms with van der Waals surface area (Å²) in [5, 5.41) is 11.3. The summed E-state index contributed by atoms with van der Waals surface area (Å²) in [6.45, 7) is 1.82. The van der Waals surface area contributed by atoms with Gasteiger partial charge in [-0.3, -0.25) is 4.79 Å². The van der Waals surface area contributed by atoms with E-state index < -0.39 is 6.04 Å². The molecule has 0 saturated heterocycles. The largest absolute Gasteiger partial charge is 0.473 e. The predicted molar refractivity (Wildman–Crippen MR) is 116 cm³/mol. The highest BCUT2D eigenvalue weighted by molar-refractivity contribution is 5.93. The molecule has 1 amide bonds. The Kier molecular flexibility index (Phi) is 5.10. The zero-order chi connectivity index (χ0) is 22.2. The van der Waals surface area contributed by atoms with Crippen molar-refractivity contribution in [2.45, 2.75) is 25.8 Å². The topological polar surface area (TPSA) is 108 Å². The molecule has 0 bridgehead atoms. The number of pyridine rings is 1. The number of carbonyl (C=O) groups excluding carboxylic acids is 1. The number of benzene rings is 1. The SMILES string of the molecule is Cc1onc(OC[C@H](N)c2ccccc2F)c1-c1ccn2nc(NC(=O)C3CC3)cc2c1. The minimum absolute atomic E-state index is 0.00499. The molecule has 164 valence electrons. The van der Waals surface area contributed by atoms with Gasteiger partial charge in [-0.1, -0.05) is 18.2 Å². The molecule has 32 heavy (non-hydrogen) atoms. The highest BCUT2D eigenvalue weighted by Crippen LogP contribution is 2.34. The number of fused-ring (bicyclic) bond motifs is 1. The van der Waals surface area contributed by atoms with Crippen LogP contribution in [-0.2, 0) is 4.79 Å². The van der Waals surface area contributed by atoms with Crippen molar-refractivity contribution in [2.75, 3.05) is 11.9 Å². The van der Waals surface area contributed by atoms with Crippen LogP contribution in [0.5, 0.6) is 5.88 Å². The lowest BCUT2D eigenvalue weighted by molar-refractivity contribution is -0.117. The third-order valence-corrected chi connectivity index (χ3v) is 5.49. The van der Waals surface area contributed by atoms with Crippen molar-refractivity contribution in [3.63, 3.8) is 0 Å². The Hall–Kier alpha value is -3.72. The first kappa shape index (κ1) is 20.2. The summed E-state index contributed by atoms with van der Waals surface area (Å²) in [5.74, 6) is 1.09. The number of carbonyl (C=O) groups is 1. The van der Waals surface area contributed by atoms with Crippen molar-refractivity contribution in [2.24, 2.45) is 11.7 Å². The number of amides is 1. The van der Waals surface area contributed by atoms with Crippen molar-refractivity contribution < 1.29 is 18.4 Å². The average Bonchev–Trinajstić information content (AvgIpc) is 3.46. The molecule has 1 aromatic carbocycles. The van der Waals surface area contributed by atoms with Crippen LogP contribution in [0, 0.1) is 18.7 Å². The molecule has 8 nitrogen and oxygen atoms in total. The number of nitrogens with one attached hydrogen (secondary N) is 1. The Labute approximate surface area is 183 Å². The van der Waals surface area contributed by atoms with Gasteiger partial charge in [-0.15, -0.1) is 0 Å². The molecule has 5 rings (SSSR count). The number of rotatable bonds is 7. The molecule has 0 aliphatic heterocycles. The zero-order valence-corrected chi connectivity index (χ0v) is 17.4. The number of halogens is 1. The maximum Gasteiger partial charge on any atom is 0.262 e. The number of ether oxygens (including phenoxy) is 1. The predicted octanol–water partition coefficient (Wildman–Crippen LogP) is 3.86. The van der Waals surface area contributed by atoms with E-state index in [1.807, 2.05) is 12.1 Å². The quantitative estimate of drug-likeness (QED) is 0.456. The smallest absolute Gasteiger partial charge is 0.262 e. The van der Waals surface area contributed by atoms with Crippen LogP contribution in [0.3, 0.4) is 0 Å². The van der Waals surface area contributed by atoms with Crippen LogP contribution in [-0.4, -0.2) is 27.3 Å². The molecule has 1 fully saturated rings. The molecule has 3 aromatic heterocycles. The fraction of sp³-hybridized carbons (Fsp3) is 0.261. The van der Waals surface area contributed by atoms with Crippen molar-refractivity contribution >= 4 is 17.2 Å². The van der Waals surface area contributed by atoms with E-state index in [9.17, 15) is 9.18 Å². The van der Waals surface area contributed by atoms with Gasteiger partial charge in [-0.05, 0) is 48.7 Å². The van der Waals surface area contributed by atoms with Gasteiger partial charge < -0.3 is 20.3 Å². The van der Waals surface area contributed by atoms with Crippen molar-refractivity contribution in [1.29, 1.82) is 0 Å². The highest BCUT2D eigenvalue weighted by atomic mass is 19.1. The fourth-order valence-electron chi connectivity index (χ4n) is 3.60. The normalized spacial score (nSPS) is 14.5. The minimum atomic E-state index is -0.656. The molecular formula is C23H22FN5O3. The maximum atomic E-state index is 14.0. The highest BCUT2D eigenvalue weighted by Gasteiger charge is 2.30. The third-order valence-electron chi connectivity index (χ3n) is 5.49. The monoisotopic (exact) mass is 435 g/mol. The summed E-state index contributed by atoms with van der Waals surface area (Å²) in [5.41, 5.74) is 8.77. The number of aryl methyl sites for hydroxylation is 1. The Morgan fingerprint density at radius 1 is 1.34 bits per heavy atom. The Morgan fingerprint density at radius 3 is 2.94 bits per heavy atom. The van der Waals surface area contributed by atoms with Gasteiger partial charge >= 0.3 is 0 Å². The molecule has 1 aliphatic carbocycles. The molecule has 0 unspecified atom stereocenters. The van der Waals surface area contributed by atoms with Crippen molar-refractivity contribution in [1.82, 2.24) is 14.8 Å². The van der Waals surface area contributed by atoms with E-state index in [1.54, 1.807) is 41.9 Å². The van der Waals surface area contributed by atoms with Crippen LogP contribution in [0.25, 0.3) is 16.6 Å². The van der Waals surface area contributed by atoms with Gasteiger partial charge in [0.1, 0.15) is 18.2 Å². The van der Waals surface area contributed by atoms with Crippen LogP contribution in [0.15, 0.2) is 53.2 Å². The second-order valence-corrected chi connectivity index (χ2v) is 7.94. The van der Waals surface area contributed by atoms with Crippen LogP contribution in [0.1, 0.15) is 30.2 Å². The molecule has 0 radical (unpaired) electrons. The summed E-state index contributed by atoms with van der Waals surface area (Å²) < 4.78 is 26.8. The van der Waals surface area contributed by atoms with Gasteiger partial charge in [0.25, 0.3) is 5.88 Å². The lowest BCUT2D eigenvalue weighted by Crippen LogP contribution is -2.20. The summed E-state index contributed by atoms with van der Waals surface area (Å²) in [6, 6.07) is 11.2. The Bertz CT molecular complexity index is 1290. The number of hydrogen-bond acceptors (Lipinski definition) is 6. The average molecular weight is 435 g/mol. The van der Waals surface area contributed by atoms with Gasteiger partial charge in [-0.2, -0.15) is 5.10 Å². The van der Waals surface area contributed by atoms with Gasteiger partial charge in [0.2, 0.25) is 5.91 Å². The summed E-state index contributed by atoms with van der Waals surface area (Å²) in [7, 11) is 0. The molecule has 9 heteroatoms. The van der Waals surface area contributed by atoms with Crippen LogP contribution >= 0.6 is 0 Å². The van der Waals surface area contributed by atoms with Crippen molar-refractivity contribution in [3.05, 3.63) is 65.8 Å². The minimum Gasteiger partial charge on any atom is -0.473 e. The van der Waals surface area contributed by atoms with Gasteiger partial charge in [0.05, 0.1) is 17.1 Å². The second-order valence-electron chi connectivity index (χ2n) is 7.94. The fourth-order valence-corrected chi connectivity index (χ4v) is 3.60. The standard InChI is InChI=1S/C23H22FN5O3/c1-13-21(23(28-32-13)31-12-19(25)17-4-2-3-5-18(17)24)15-8-9-29-16(10-15)11-20(27-29)26-22(30)14-6-7-14/h2-5,8-11,14,19H,6-7,12,25H2,1H3,(H,26,27,30)/t19-/m0/s1. The van der Waals surface area contributed by atoms with E-state index in [1.165, 1.54) is 6.07 Å². The first-order valence-electron chi connectivity index (χ1n) is 10.4. The lowest BCUT2D eigenvalue weighted by atomic mass is 10.1. The van der Waals surface area contributed by atoms with E-state index in [-0.39, 0.29) is 30.1 Å². The van der Waals surface area contributed by atoms with Gasteiger partial charge in [0, 0.05) is 23.7 Å². The lowest BCUT2D eigenvalue weighted by Gasteiger charge is -2.13. The van der Waals surface area contributed by atoms with E-state index >= 15 is 0 Å². The molecule has 1 atom stereocenters. The van der Waals surface area contributed by atoms with E-state index in [0.29, 0.717) is 22.7 Å². The number of hydrogen-bond donors (Lipinski definition) is 2. The molecule has 1 saturated carbocycles. The summed E-state index contributed by atoms with van der Waals surface area (Å²) in [6.07, 6.45) is 3.65. The maximum absolute atomic E-state index is 14.0. The molecular weight excluding hydrogens is 413 g/mol. The van der Waals surface area contributed by atoms with Gasteiger partial charge in [-0.25, -0.2) is 8.91 Å². The number of nitrogens with zero attached hydrogens (tertiary/aromatic N) is 3. The van der Waals surface area contributed by atoms with E-state index in [4.69, 9.17) is 15.0 Å². The molecule has 4 aromatic rings. The third kappa shape index (κ3) is 3.94. The first-order valence-corrected chi connectivity index (χ1v) is 10.4. The molecule has 1 aliphatic rings. The van der Waals surface area contributed by atoms with E-state index in [2.05, 4.69) is 15.6 Å². The Morgan fingerprint density at radius 2 is 2.16 bits per heavy atom. The van der Waals surface area contributed by atoms with Crippen LogP contribution in [0.4, 0.5) is 10.2 Å². The summed E-state index contributed by atoms with van der Waals surface area (Å²) >= 11 is 0. The van der Waals surface area contributed by atoms with Crippen LogP contribution < -0.4 is 15.8 Å². The van der Waals surface area contributed by atoms with E-state index in [0.717, 1.165) is 23.9 Å².